The molecule has 1 heterocycles. The van der Waals surface area contributed by atoms with Gasteiger partial charge < -0.3 is 5.73 Å². The van der Waals surface area contributed by atoms with Gasteiger partial charge in [-0.1, -0.05) is 6.92 Å². The number of nitrogens with zero attached hydrogens (tertiary/aromatic N) is 2. The molecule has 0 spiro atoms. The molecular weight excluding hydrogens is 242 g/mol. The van der Waals surface area contributed by atoms with Crippen molar-refractivity contribution in [2.45, 2.75) is 32.1 Å². The lowest BCUT2D eigenvalue weighted by atomic mass is 10.1. The van der Waals surface area contributed by atoms with E-state index in [-0.39, 0.29) is 0 Å². The number of rotatable bonds is 1. The van der Waals surface area contributed by atoms with Gasteiger partial charge >= 0.3 is 0 Å². The standard InChI is InChI=1S/C10H14BrN3/c1-6-2-3-7(4-6)10-13-5-8(11)9(12)14-10/h5-7H,2-4H2,1H3,(H2,12,13,14). The summed E-state index contributed by atoms with van der Waals surface area (Å²) >= 11 is 3.30. The lowest BCUT2D eigenvalue weighted by molar-refractivity contribution is 0.585. The van der Waals surface area contributed by atoms with Gasteiger partial charge in [-0.3, -0.25) is 0 Å². The van der Waals surface area contributed by atoms with E-state index in [1.807, 2.05) is 0 Å². The van der Waals surface area contributed by atoms with Crippen LogP contribution in [0, 0.1) is 5.92 Å². The van der Waals surface area contributed by atoms with Crippen LogP contribution >= 0.6 is 15.9 Å². The van der Waals surface area contributed by atoms with E-state index in [9.17, 15) is 0 Å². The molecule has 14 heavy (non-hydrogen) atoms. The summed E-state index contributed by atoms with van der Waals surface area (Å²) in [4.78, 5) is 8.63. The predicted octanol–water partition coefficient (Wildman–Crippen LogP) is 2.72. The Morgan fingerprint density at radius 2 is 2.29 bits per heavy atom. The minimum absolute atomic E-state index is 0.514. The zero-order chi connectivity index (χ0) is 10.1. The van der Waals surface area contributed by atoms with Crippen LogP contribution in [0.25, 0.3) is 0 Å². The predicted molar refractivity (Wildman–Crippen MR) is 59.9 cm³/mol. The first kappa shape index (κ1) is 9.90. The van der Waals surface area contributed by atoms with Gasteiger partial charge in [-0.05, 0) is 41.1 Å². The highest BCUT2D eigenvalue weighted by Gasteiger charge is 2.25. The highest BCUT2D eigenvalue weighted by molar-refractivity contribution is 9.10. The average molecular weight is 256 g/mol. The molecule has 1 fully saturated rings. The van der Waals surface area contributed by atoms with Crippen molar-refractivity contribution in [2.24, 2.45) is 5.92 Å². The quantitative estimate of drug-likeness (QED) is 0.840. The Balaban J connectivity index is 2.20. The van der Waals surface area contributed by atoms with Gasteiger partial charge in [0.25, 0.3) is 0 Å². The largest absolute Gasteiger partial charge is 0.383 e. The van der Waals surface area contributed by atoms with Crippen molar-refractivity contribution >= 4 is 21.7 Å². The van der Waals surface area contributed by atoms with E-state index in [1.54, 1.807) is 6.20 Å². The molecule has 0 aromatic carbocycles. The summed E-state index contributed by atoms with van der Waals surface area (Å²) < 4.78 is 0.785. The molecule has 0 amide bonds. The number of anilines is 1. The van der Waals surface area contributed by atoms with Crippen LogP contribution in [0.4, 0.5) is 5.82 Å². The van der Waals surface area contributed by atoms with Gasteiger partial charge in [-0.15, -0.1) is 0 Å². The van der Waals surface area contributed by atoms with Crippen LogP contribution in [0.2, 0.25) is 0 Å². The molecule has 0 saturated heterocycles. The normalized spacial score (nSPS) is 26.7. The van der Waals surface area contributed by atoms with Crippen molar-refractivity contribution in [3.8, 4) is 0 Å². The Bertz CT molecular complexity index is 340. The van der Waals surface area contributed by atoms with E-state index in [2.05, 4.69) is 32.8 Å². The first-order valence-corrected chi connectivity index (χ1v) is 5.74. The Hall–Kier alpha value is -0.640. The van der Waals surface area contributed by atoms with E-state index in [4.69, 9.17) is 5.73 Å². The topological polar surface area (TPSA) is 51.8 Å². The lowest BCUT2D eigenvalue weighted by Gasteiger charge is -2.08. The van der Waals surface area contributed by atoms with Crippen molar-refractivity contribution in [3.05, 3.63) is 16.5 Å². The maximum atomic E-state index is 5.72. The summed E-state index contributed by atoms with van der Waals surface area (Å²) in [5.41, 5.74) is 5.72. The van der Waals surface area contributed by atoms with Gasteiger partial charge in [0.2, 0.25) is 0 Å². The Morgan fingerprint density at radius 1 is 1.50 bits per heavy atom. The molecule has 1 aliphatic carbocycles. The van der Waals surface area contributed by atoms with Crippen LogP contribution in [0.3, 0.4) is 0 Å². The van der Waals surface area contributed by atoms with E-state index < -0.39 is 0 Å². The van der Waals surface area contributed by atoms with Crippen LogP contribution in [-0.2, 0) is 0 Å². The second-order valence-corrected chi connectivity index (χ2v) is 4.93. The Morgan fingerprint density at radius 3 is 2.86 bits per heavy atom. The third kappa shape index (κ3) is 1.90. The number of hydrogen-bond donors (Lipinski definition) is 1. The van der Waals surface area contributed by atoms with Crippen LogP contribution in [0.15, 0.2) is 10.7 Å². The summed E-state index contributed by atoms with van der Waals surface area (Å²) in [6.45, 7) is 2.28. The minimum Gasteiger partial charge on any atom is -0.383 e. The number of hydrogen-bond acceptors (Lipinski definition) is 3. The maximum Gasteiger partial charge on any atom is 0.141 e. The van der Waals surface area contributed by atoms with Crippen molar-refractivity contribution in [3.63, 3.8) is 0 Å². The second kappa shape index (κ2) is 3.85. The molecule has 2 unspecified atom stereocenters. The summed E-state index contributed by atoms with van der Waals surface area (Å²) in [5, 5.41) is 0. The summed E-state index contributed by atoms with van der Waals surface area (Å²) in [6.07, 6.45) is 5.42. The zero-order valence-electron chi connectivity index (χ0n) is 8.20. The number of halogens is 1. The molecule has 2 atom stereocenters. The maximum absolute atomic E-state index is 5.72. The molecule has 1 aromatic rings. The fraction of sp³-hybridized carbons (Fsp3) is 0.600. The van der Waals surface area contributed by atoms with Gasteiger partial charge in [-0.2, -0.15) is 0 Å². The van der Waals surface area contributed by atoms with Gasteiger partial charge in [0.1, 0.15) is 11.6 Å². The number of nitrogen functional groups attached to an aromatic ring is 1. The van der Waals surface area contributed by atoms with Crippen LogP contribution in [0.1, 0.15) is 37.9 Å². The molecule has 2 N–H and O–H groups in total. The summed E-state index contributed by atoms with van der Waals surface area (Å²) in [7, 11) is 0. The SMILES string of the molecule is CC1CCC(c2ncc(Br)c(N)n2)C1. The monoisotopic (exact) mass is 255 g/mol. The van der Waals surface area contributed by atoms with E-state index >= 15 is 0 Å². The number of nitrogens with two attached hydrogens (primary N) is 1. The molecule has 1 aromatic heterocycles. The van der Waals surface area contributed by atoms with Crippen LogP contribution in [0.5, 0.6) is 0 Å². The van der Waals surface area contributed by atoms with Gasteiger partial charge in [0.15, 0.2) is 0 Å². The smallest absolute Gasteiger partial charge is 0.141 e. The van der Waals surface area contributed by atoms with Gasteiger partial charge in [0.05, 0.1) is 4.47 Å². The summed E-state index contributed by atoms with van der Waals surface area (Å²) in [6, 6.07) is 0. The fourth-order valence-electron chi connectivity index (χ4n) is 2.03. The van der Waals surface area contributed by atoms with Crippen molar-refractivity contribution in [1.29, 1.82) is 0 Å². The summed E-state index contributed by atoms with van der Waals surface area (Å²) in [5.74, 6) is 2.78. The number of aromatic nitrogens is 2. The zero-order valence-corrected chi connectivity index (χ0v) is 9.79. The molecule has 3 nitrogen and oxygen atoms in total. The van der Waals surface area contributed by atoms with Crippen molar-refractivity contribution < 1.29 is 0 Å². The highest BCUT2D eigenvalue weighted by atomic mass is 79.9. The first-order valence-electron chi connectivity index (χ1n) is 4.94. The Kier molecular flexibility index (Phi) is 2.72. The van der Waals surface area contributed by atoms with Crippen LogP contribution in [-0.4, -0.2) is 9.97 Å². The third-order valence-electron chi connectivity index (χ3n) is 2.85. The van der Waals surface area contributed by atoms with Crippen molar-refractivity contribution in [1.82, 2.24) is 9.97 Å². The van der Waals surface area contributed by atoms with E-state index in [0.29, 0.717) is 11.7 Å². The molecular formula is C10H14BrN3. The van der Waals surface area contributed by atoms with Gasteiger partial charge in [0, 0.05) is 12.1 Å². The third-order valence-corrected chi connectivity index (χ3v) is 3.46. The molecule has 4 heteroatoms. The molecule has 76 valence electrons. The lowest BCUT2D eigenvalue weighted by Crippen LogP contribution is -2.04. The average Bonchev–Trinajstić information content (AvgIpc) is 2.57. The van der Waals surface area contributed by atoms with Crippen molar-refractivity contribution in [2.75, 3.05) is 5.73 Å². The molecule has 0 radical (unpaired) electrons. The molecule has 1 aliphatic rings. The Labute approximate surface area is 92.3 Å². The van der Waals surface area contributed by atoms with Gasteiger partial charge in [-0.25, -0.2) is 9.97 Å². The van der Waals surface area contributed by atoms with E-state index in [0.717, 1.165) is 16.2 Å². The van der Waals surface area contributed by atoms with Crippen LogP contribution < -0.4 is 5.73 Å². The molecule has 0 aliphatic heterocycles. The fourth-order valence-corrected chi connectivity index (χ4v) is 2.22. The molecule has 1 saturated carbocycles. The highest BCUT2D eigenvalue weighted by Crippen LogP contribution is 2.36. The molecule has 0 bridgehead atoms. The first-order chi connectivity index (χ1) is 6.66. The second-order valence-electron chi connectivity index (χ2n) is 4.08. The minimum atomic E-state index is 0.514. The van der Waals surface area contributed by atoms with E-state index in [1.165, 1.54) is 19.3 Å². The molecule has 2 rings (SSSR count).